The second kappa shape index (κ2) is 5.69. The van der Waals surface area contributed by atoms with Crippen LogP contribution in [-0.2, 0) is 11.5 Å². The van der Waals surface area contributed by atoms with E-state index in [-0.39, 0.29) is 5.69 Å². The molecule has 5 nitrogen and oxygen atoms in total. The van der Waals surface area contributed by atoms with E-state index in [1.165, 1.54) is 0 Å². The van der Waals surface area contributed by atoms with Crippen LogP contribution >= 0.6 is 0 Å². The minimum Gasteiger partial charge on any atom is -0.477 e. The maximum absolute atomic E-state index is 11.4. The molecule has 1 aromatic rings. The van der Waals surface area contributed by atoms with Crippen molar-refractivity contribution in [2.45, 2.75) is 58.1 Å². The maximum atomic E-state index is 11.4. The van der Waals surface area contributed by atoms with Crippen molar-refractivity contribution in [3.05, 3.63) is 17.2 Å². The van der Waals surface area contributed by atoms with E-state index in [4.69, 9.17) is 4.74 Å². The Balaban J connectivity index is 2.07. The van der Waals surface area contributed by atoms with E-state index >= 15 is 0 Å². The summed E-state index contributed by atoms with van der Waals surface area (Å²) in [5.41, 5.74) is 0.869. The lowest BCUT2D eigenvalue weighted by Gasteiger charge is -2.16. The summed E-state index contributed by atoms with van der Waals surface area (Å²) in [6, 6.07) is 1.09. The monoisotopic (exact) mass is 296 g/mol. The number of hydrogen-bond donors (Lipinski definition) is 1. The van der Waals surface area contributed by atoms with Gasteiger partial charge in [0.05, 0.1) is 5.69 Å². The number of carboxylic acid groups (broad SMARTS) is 1. The number of aromatic carboxylic acids is 1. The van der Waals surface area contributed by atoms with E-state index in [1.807, 2.05) is 0 Å². The van der Waals surface area contributed by atoms with Crippen molar-refractivity contribution in [2.24, 2.45) is 0 Å². The van der Waals surface area contributed by atoms with Crippen LogP contribution in [0, 0.1) is 6.92 Å². The minimum absolute atomic E-state index is 0.278. The fourth-order valence-electron chi connectivity index (χ4n) is 2.18. The van der Waals surface area contributed by atoms with Crippen molar-refractivity contribution >= 4 is 14.0 Å². The predicted octanol–water partition coefficient (Wildman–Crippen LogP) is 3.08. The van der Waals surface area contributed by atoms with Crippen molar-refractivity contribution in [1.29, 1.82) is 0 Å². The second-order valence-electron chi connectivity index (χ2n) is 6.76. The van der Waals surface area contributed by atoms with Gasteiger partial charge in [-0.25, -0.2) is 9.78 Å². The molecule has 20 heavy (non-hydrogen) atoms. The fraction of sp³-hybridized carbons (Fsp3) is 0.714. The molecule has 1 aliphatic carbocycles. The zero-order chi connectivity index (χ0) is 14.9. The zero-order valence-corrected chi connectivity index (χ0v) is 13.8. The molecule has 0 unspecified atom stereocenters. The molecule has 0 spiro atoms. The van der Waals surface area contributed by atoms with Gasteiger partial charge in [0.1, 0.15) is 12.6 Å². The average molecular weight is 296 g/mol. The third kappa shape index (κ3) is 3.70. The largest absolute Gasteiger partial charge is 0.477 e. The molecule has 0 atom stereocenters. The fourth-order valence-corrected chi connectivity index (χ4v) is 2.94. The van der Waals surface area contributed by atoms with E-state index in [9.17, 15) is 9.90 Å². The number of nitrogens with zero attached hydrogens (tertiary/aromatic N) is 2. The van der Waals surface area contributed by atoms with Crippen LogP contribution in [-0.4, -0.2) is 35.3 Å². The first-order chi connectivity index (χ1) is 9.29. The number of carboxylic acids is 1. The van der Waals surface area contributed by atoms with Crippen LogP contribution in [0.3, 0.4) is 0 Å². The van der Waals surface area contributed by atoms with E-state index in [0.717, 1.165) is 24.7 Å². The average Bonchev–Trinajstić information content (AvgIpc) is 3.08. The van der Waals surface area contributed by atoms with Gasteiger partial charge in [-0.05, 0) is 25.8 Å². The molecule has 0 radical (unpaired) electrons. The standard InChI is InChI=1S/C14H24N2O3Si/c1-10-12(14(17)18)16(13(15-10)11-5-6-11)9-19-7-8-20(2,3)4/h11H,5-9H2,1-4H3,(H,17,18). The number of carbonyl (C=O) groups is 1. The number of hydrogen-bond acceptors (Lipinski definition) is 3. The highest BCUT2D eigenvalue weighted by Crippen LogP contribution is 2.40. The normalized spacial score (nSPS) is 15.6. The number of aryl methyl sites for hydroxylation is 1. The molecule has 112 valence electrons. The van der Waals surface area contributed by atoms with Gasteiger partial charge in [0.25, 0.3) is 0 Å². The lowest BCUT2D eigenvalue weighted by molar-refractivity contribution is 0.0615. The molecule has 6 heteroatoms. The first-order valence-corrected chi connectivity index (χ1v) is 10.9. The Morgan fingerprint density at radius 1 is 1.45 bits per heavy atom. The Morgan fingerprint density at radius 2 is 2.10 bits per heavy atom. The third-order valence-corrected chi connectivity index (χ3v) is 5.24. The van der Waals surface area contributed by atoms with Gasteiger partial charge in [0.15, 0.2) is 5.69 Å². The quantitative estimate of drug-likeness (QED) is 0.620. The smallest absolute Gasteiger partial charge is 0.354 e. The van der Waals surface area contributed by atoms with Gasteiger partial charge in [-0.3, -0.25) is 4.57 Å². The molecule has 0 aliphatic heterocycles. The summed E-state index contributed by atoms with van der Waals surface area (Å²) in [6.07, 6.45) is 2.20. The van der Waals surface area contributed by atoms with Gasteiger partial charge < -0.3 is 9.84 Å². The van der Waals surface area contributed by atoms with E-state index in [0.29, 0.717) is 24.9 Å². The van der Waals surface area contributed by atoms with Crippen molar-refractivity contribution < 1.29 is 14.6 Å². The molecule has 1 saturated carbocycles. The Hall–Kier alpha value is -1.14. The van der Waals surface area contributed by atoms with Crippen LogP contribution in [0.25, 0.3) is 0 Å². The van der Waals surface area contributed by atoms with Gasteiger partial charge >= 0.3 is 5.97 Å². The molecule has 0 saturated heterocycles. The molecular formula is C14H24N2O3Si. The summed E-state index contributed by atoms with van der Waals surface area (Å²) in [5, 5.41) is 9.34. The van der Waals surface area contributed by atoms with E-state index < -0.39 is 14.0 Å². The Morgan fingerprint density at radius 3 is 2.60 bits per heavy atom. The van der Waals surface area contributed by atoms with Crippen LogP contribution in [0.2, 0.25) is 25.7 Å². The van der Waals surface area contributed by atoms with E-state index in [1.54, 1.807) is 11.5 Å². The number of aromatic nitrogens is 2. The lowest BCUT2D eigenvalue weighted by Crippen LogP contribution is -2.22. The third-order valence-electron chi connectivity index (χ3n) is 3.53. The molecule has 0 bridgehead atoms. The SMILES string of the molecule is Cc1nc(C2CC2)n(COCC[Si](C)(C)C)c1C(=O)O. The van der Waals surface area contributed by atoms with Crippen molar-refractivity contribution in [2.75, 3.05) is 6.61 Å². The van der Waals surface area contributed by atoms with Crippen LogP contribution in [0.4, 0.5) is 0 Å². The van der Waals surface area contributed by atoms with Gasteiger partial charge in [-0.1, -0.05) is 19.6 Å². The summed E-state index contributed by atoms with van der Waals surface area (Å²) < 4.78 is 7.46. The first-order valence-electron chi connectivity index (χ1n) is 7.17. The number of ether oxygens (including phenoxy) is 1. The summed E-state index contributed by atoms with van der Waals surface area (Å²) in [6.45, 7) is 9.66. The van der Waals surface area contributed by atoms with Crippen LogP contribution < -0.4 is 0 Å². The lowest BCUT2D eigenvalue weighted by atomic mass is 10.3. The summed E-state index contributed by atoms with van der Waals surface area (Å²) >= 11 is 0. The van der Waals surface area contributed by atoms with Crippen molar-refractivity contribution in [3.63, 3.8) is 0 Å². The van der Waals surface area contributed by atoms with Gasteiger partial charge in [0.2, 0.25) is 0 Å². The molecular weight excluding hydrogens is 272 g/mol. The van der Waals surface area contributed by atoms with Crippen molar-refractivity contribution in [3.8, 4) is 0 Å². The highest BCUT2D eigenvalue weighted by molar-refractivity contribution is 6.76. The second-order valence-corrected chi connectivity index (χ2v) is 12.4. The Bertz CT molecular complexity index is 501. The van der Waals surface area contributed by atoms with Crippen LogP contribution in [0.15, 0.2) is 0 Å². The maximum Gasteiger partial charge on any atom is 0.354 e. The molecule has 2 rings (SSSR count). The predicted molar refractivity (Wildman–Crippen MR) is 80.0 cm³/mol. The van der Waals surface area contributed by atoms with Crippen LogP contribution in [0.1, 0.15) is 40.8 Å². The summed E-state index contributed by atoms with van der Waals surface area (Å²) in [7, 11) is -1.11. The van der Waals surface area contributed by atoms with Crippen molar-refractivity contribution in [1.82, 2.24) is 9.55 Å². The molecule has 0 amide bonds. The summed E-state index contributed by atoms with van der Waals surface area (Å²) in [4.78, 5) is 15.8. The zero-order valence-electron chi connectivity index (χ0n) is 12.8. The first kappa shape index (κ1) is 15.2. The molecule has 0 aromatic carbocycles. The molecule has 1 aliphatic rings. The number of rotatable bonds is 7. The topological polar surface area (TPSA) is 64.4 Å². The molecule has 1 fully saturated rings. The van der Waals surface area contributed by atoms with E-state index in [2.05, 4.69) is 24.6 Å². The molecule has 1 heterocycles. The van der Waals surface area contributed by atoms with Gasteiger partial charge in [-0.15, -0.1) is 0 Å². The Kier molecular flexibility index (Phi) is 4.34. The Labute approximate surface area is 121 Å². The molecule has 1 N–H and O–H groups in total. The highest BCUT2D eigenvalue weighted by atomic mass is 28.3. The minimum atomic E-state index is -1.11. The summed E-state index contributed by atoms with van der Waals surface area (Å²) in [5.74, 6) is 0.381. The number of imidazole rings is 1. The van der Waals surface area contributed by atoms with Gasteiger partial charge in [0, 0.05) is 20.6 Å². The highest BCUT2D eigenvalue weighted by Gasteiger charge is 2.32. The van der Waals surface area contributed by atoms with Gasteiger partial charge in [-0.2, -0.15) is 0 Å². The van der Waals surface area contributed by atoms with Crippen LogP contribution in [0.5, 0.6) is 0 Å². The molecule has 1 aromatic heterocycles.